The Morgan fingerprint density at radius 1 is 0.967 bits per heavy atom. The second-order valence-corrected chi connectivity index (χ2v) is 7.17. The van der Waals surface area contributed by atoms with Crippen LogP contribution in [0.4, 0.5) is 4.39 Å². The minimum atomic E-state index is -0.397. The van der Waals surface area contributed by atoms with Crippen LogP contribution < -0.4 is 24.3 Å². The van der Waals surface area contributed by atoms with Crippen molar-refractivity contribution < 1.29 is 23.3 Å². The van der Waals surface area contributed by atoms with Crippen molar-refractivity contribution in [3.05, 3.63) is 82.1 Å². The van der Waals surface area contributed by atoms with Crippen LogP contribution >= 0.6 is 11.6 Å². The summed E-state index contributed by atoms with van der Waals surface area (Å²) in [7, 11) is 1.57. The Morgan fingerprint density at radius 3 is 2.53 bits per heavy atom. The molecule has 1 aliphatic heterocycles. The minimum absolute atomic E-state index is 0.0174. The van der Waals surface area contributed by atoms with E-state index in [1.54, 1.807) is 19.2 Å². The third-order valence-corrected chi connectivity index (χ3v) is 5.11. The summed E-state index contributed by atoms with van der Waals surface area (Å²) in [5.74, 6) is 2.25. The van der Waals surface area contributed by atoms with E-state index in [4.69, 9.17) is 30.5 Å². The predicted molar refractivity (Wildman–Crippen MR) is 112 cm³/mol. The van der Waals surface area contributed by atoms with Crippen molar-refractivity contribution in [2.75, 3.05) is 13.9 Å². The molecule has 3 aromatic rings. The molecule has 1 aliphatic rings. The van der Waals surface area contributed by atoms with Gasteiger partial charge in [0.05, 0.1) is 12.1 Å². The van der Waals surface area contributed by atoms with Gasteiger partial charge >= 0.3 is 0 Å². The van der Waals surface area contributed by atoms with Crippen LogP contribution in [-0.2, 0) is 19.7 Å². The van der Waals surface area contributed by atoms with Crippen LogP contribution in [0.3, 0.4) is 0 Å². The van der Waals surface area contributed by atoms with Crippen LogP contribution in [0.5, 0.6) is 23.0 Å². The van der Waals surface area contributed by atoms with Gasteiger partial charge in [0.25, 0.3) is 0 Å². The van der Waals surface area contributed by atoms with Crippen LogP contribution in [0.15, 0.2) is 54.6 Å². The van der Waals surface area contributed by atoms with Crippen molar-refractivity contribution in [1.29, 1.82) is 0 Å². The highest BCUT2D eigenvalue weighted by Crippen LogP contribution is 2.33. The third kappa shape index (κ3) is 4.61. The lowest BCUT2D eigenvalue weighted by Gasteiger charge is -2.14. The summed E-state index contributed by atoms with van der Waals surface area (Å²) in [6.07, 6.45) is 0. The number of hydrogen-bond donors (Lipinski definition) is 1. The molecule has 0 atom stereocenters. The highest BCUT2D eigenvalue weighted by molar-refractivity contribution is 6.31. The molecule has 0 bridgehead atoms. The van der Waals surface area contributed by atoms with Crippen molar-refractivity contribution in [3.8, 4) is 23.0 Å². The van der Waals surface area contributed by atoms with Crippen LogP contribution in [-0.4, -0.2) is 13.9 Å². The number of fused-ring (bicyclic) bond motifs is 1. The van der Waals surface area contributed by atoms with E-state index in [0.29, 0.717) is 35.2 Å². The minimum Gasteiger partial charge on any atom is -0.493 e. The van der Waals surface area contributed by atoms with E-state index in [0.717, 1.165) is 22.6 Å². The fourth-order valence-electron chi connectivity index (χ4n) is 3.16. The van der Waals surface area contributed by atoms with E-state index in [2.05, 4.69) is 5.32 Å². The average Bonchev–Trinajstić information content (AvgIpc) is 3.22. The summed E-state index contributed by atoms with van der Waals surface area (Å²) < 4.78 is 35.9. The maximum atomic E-state index is 13.9. The van der Waals surface area contributed by atoms with Gasteiger partial charge in [0.15, 0.2) is 23.0 Å². The summed E-state index contributed by atoms with van der Waals surface area (Å²) in [4.78, 5) is 0. The highest BCUT2D eigenvalue weighted by Gasteiger charge is 2.13. The van der Waals surface area contributed by atoms with Gasteiger partial charge in [-0.1, -0.05) is 29.8 Å². The lowest BCUT2D eigenvalue weighted by atomic mass is 10.1. The normalized spacial score (nSPS) is 12.1. The number of hydrogen-bond acceptors (Lipinski definition) is 5. The molecule has 0 aromatic heterocycles. The molecule has 156 valence electrons. The summed E-state index contributed by atoms with van der Waals surface area (Å²) >= 11 is 6.06. The van der Waals surface area contributed by atoms with Crippen LogP contribution in [0, 0.1) is 5.82 Å². The first-order valence-corrected chi connectivity index (χ1v) is 9.83. The van der Waals surface area contributed by atoms with E-state index in [1.165, 1.54) is 6.07 Å². The van der Waals surface area contributed by atoms with Gasteiger partial charge in [-0.15, -0.1) is 0 Å². The Labute approximate surface area is 179 Å². The van der Waals surface area contributed by atoms with Gasteiger partial charge in [-0.2, -0.15) is 0 Å². The van der Waals surface area contributed by atoms with Crippen molar-refractivity contribution in [3.63, 3.8) is 0 Å². The Kier molecular flexibility index (Phi) is 6.26. The summed E-state index contributed by atoms with van der Waals surface area (Å²) in [6, 6.07) is 16.1. The van der Waals surface area contributed by atoms with Crippen molar-refractivity contribution in [2.24, 2.45) is 0 Å². The Bertz CT molecular complexity index is 1020. The Morgan fingerprint density at radius 2 is 1.73 bits per heavy atom. The largest absolute Gasteiger partial charge is 0.493 e. The third-order valence-electron chi connectivity index (χ3n) is 4.76. The molecule has 7 heteroatoms. The molecule has 0 saturated heterocycles. The molecule has 0 fully saturated rings. The first kappa shape index (κ1) is 20.3. The molecule has 0 radical (unpaired) electrons. The average molecular weight is 430 g/mol. The number of nitrogens with one attached hydrogen (secondary N) is 1. The second-order valence-electron chi connectivity index (χ2n) is 6.77. The van der Waals surface area contributed by atoms with Crippen LogP contribution in [0.1, 0.15) is 16.7 Å². The van der Waals surface area contributed by atoms with E-state index < -0.39 is 5.82 Å². The molecule has 5 nitrogen and oxygen atoms in total. The number of methoxy groups -OCH3 is 1. The summed E-state index contributed by atoms with van der Waals surface area (Å²) in [6.45, 7) is 1.61. The maximum Gasteiger partial charge on any atom is 0.231 e. The van der Waals surface area contributed by atoms with Gasteiger partial charge in [-0.25, -0.2) is 4.39 Å². The van der Waals surface area contributed by atoms with E-state index >= 15 is 0 Å². The smallest absolute Gasteiger partial charge is 0.231 e. The molecule has 0 amide bonds. The second kappa shape index (κ2) is 9.24. The molecular formula is C23H21ClFNO4. The van der Waals surface area contributed by atoms with Gasteiger partial charge in [0.2, 0.25) is 6.79 Å². The highest BCUT2D eigenvalue weighted by atomic mass is 35.5. The first-order valence-electron chi connectivity index (χ1n) is 9.46. The quantitative estimate of drug-likeness (QED) is 0.540. The molecule has 3 aromatic carbocycles. The molecule has 1 N–H and O–H groups in total. The monoisotopic (exact) mass is 429 g/mol. The number of ether oxygens (including phenoxy) is 4. The molecule has 4 rings (SSSR count). The fraction of sp³-hybridized carbons (Fsp3) is 0.217. The van der Waals surface area contributed by atoms with Crippen molar-refractivity contribution in [1.82, 2.24) is 5.32 Å². The number of benzene rings is 3. The zero-order chi connectivity index (χ0) is 20.9. The molecule has 0 unspecified atom stereocenters. The van der Waals surface area contributed by atoms with E-state index in [-0.39, 0.29) is 13.4 Å². The Hall–Kier alpha value is -2.96. The molecule has 0 aliphatic carbocycles. The Balaban J connectivity index is 1.36. The maximum absolute atomic E-state index is 13.9. The van der Waals surface area contributed by atoms with Crippen molar-refractivity contribution in [2.45, 2.75) is 19.7 Å². The van der Waals surface area contributed by atoms with Gasteiger partial charge < -0.3 is 24.3 Å². The predicted octanol–water partition coefficient (Wildman–Crippen LogP) is 5.09. The SMILES string of the molecule is COc1cc(CNCc2ccc3c(c2)OCO3)ccc1OCc1c(F)cccc1Cl. The topological polar surface area (TPSA) is 49.0 Å². The van der Waals surface area contributed by atoms with Gasteiger partial charge in [0, 0.05) is 18.7 Å². The number of halogens is 2. The van der Waals surface area contributed by atoms with Crippen LogP contribution in [0.25, 0.3) is 0 Å². The van der Waals surface area contributed by atoms with E-state index in [9.17, 15) is 4.39 Å². The summed E-state index contributed by atoms with van der Waals surface area (Å²) in [5, 5.41) is 3.72. The lowest BCUT2D eigenvalue weighted by molar-refractivity contribution is 0.174. The zero-order valence-electron chi connectivity index (χ0n) is 16.4. The number of rotatable bonds is 8. The molecule has 0 saturated carbocycles. The van der Waals surface area contributed by atoms with Gasteiger partial charge in [0.1, 0.15) is 12.4 Å². The van der Waals surface area contributed by atoms with Gasteiger partial charge in [-0.3, -0.25) is 0 Å². The molecular weight excluding hydrogens is 409 g/mol. The first-order chi connectivity index (χ1) is 14.6. The van der Waals surface area contributed by atoms with Gasteiger partial charge in [-0.05, 0) is 47.5 Å². The van der Waals surface area contributed by atoms with Crippen LogP contribution in [0.2, 0.25) is 5.02 Å². The summed E-state index contributed by atoms with van der Waals surface area (Å²) in [5.41, 5.74) is 2.45. The van der Waals surface area contributed by atoms with E-state index in [1.807, 2.05) is 36.4 Å². The molecule has 1 heterocycles. The molecule has 0 spiro atoms. The zero-order valence-corrected chi connectivity index (χ0v) is 17.2. The lowest BCUT2D eigenvalue weighted by Crippen LogP contribution is -2.12. The fourth-order valence-corrected chi connectivity index (χ4v) is 3.38. The molecule has 30 heavy (non-hydrogen) atoms. The van der Waals surface area contributed by atoms with Crippen molar-refractivity contribution >= 4 is 11.6 Å². The standard InChI is InChI=1S/C23H21ClFNO4/c1-27-22-9-15(11-26-12-16-6-8-21-23(10-16)30-14-29-21)5-7-20(22)28-13-17-18(24)3-2-4-19(17)25/h2-10,26H,11-14H2,1H3.